The molecule has 19 heavy (non-hydrogen) atoms. The molecule has 0 saturated heterocycles. The Balaban J connectivity index is 2.56. The number of carbonyl (C=O) groups excluding carboxylic acids is 1. The molecule has 0 saturated carbocycles. The molecule has 4 nitrogen and oxygen atoms in total. The summed E-state index contributed by atoms with van der Waals surface area (Å²) >= 11 is 4.81. The number of hydrogen-bond donors (Lipinski definition) is 3. The number of rotatable bonds is 7. The number of nitrogens with one attached hydrogen (secondary N) is 2. The van der Waals surface area contributed by atoms with E-state index in [1.807, 2.05) is 6.92 Å². The fourth-order valence-electron chi connectivity index (χ4n) is 1.59. The third kappa shape index (κ3) is 4.82. The van der Waals surface area contributed by atoms with Crippen LogP contribution in [0.15, 0.2) is 18.2 Å². The third-order valence-corrected chi connectivity index (χ3v) is 2.70. The van der Waals surface area contributed by atoms with Gasteiger partial charge in [-0.3, -0.25) is 4.79 Å². The van der Waals surface area contributed by atoms with Crippen molar-refractivity contribution >= 4 is 28.8 Å². The second kappa shape index (κ2) is 7.68. The van der Waals surface area contributed by atoms with E-state index in [1.165, 1.54) is 6.07 Å². The molecule has 0 spiro atoms. The average molecular weight is 283 g/mol. The number of benzene rings is 1. The Kier molecular flexibility index (Phi) is 6.21. The highest BCUT2D eigenvalue weighted by atomic mass is 32.1. The van der Waals surface area contributed by atoms with E-state index in [0.29, 0.717) is 25.2 Å². The highest BCUT2D eigenvalue weighted by Gasteiger charge is 2.10. The van der Waals surface area contributed by atoms with E-state index in [4.69, 9.17) is 18.0 Å². The van der Waals surface area contributed by atoms with Crippen LogP contribution >= 0.6 is 12.2 Å². The normalized spacial score (nSPS) is 10.0. The predicted molar refractivity (Wildman–Crippen MR) is 78.7 cm³/mol. The van der Waals surface area contributed by atoms with Gasteiger partial charge in [0.15, 0.2) is 0 Å². The number of halogens is 1. The standard InChI is InChI=1S/C13H18FN3OS/c1-2-7-17-11(18)6-8-16-10-5-3-4-9(14)12(10)13(15)19/h3-5,16H,2,6-8H2,1H3,(H2,15,19)(H,17,18). The lowest BCUT2D eigenvalue weighted by Gasteiger charge is -2.11. The zero-order valence-corrected chi connectivity index (χ0v) is 11.6. The van der Waals surface area contributed by atoms with E-state index in [9.17, 15) is 9.18 Å². The van der Waals surface area contributed by atoms with E-state index in [2.05, 4.69) is 10.6 Å². The molecule has 1 rings (SSSR count). The van der Waals surface area contributed by atoms with Crippen LogP contribution in [-0.4, -0.2) is 24.0 Å². The van der Waals surface area contributed by atoms with Crippen LogP contribution in [0.4, 0.5) is 10.1 Å². The van der Waals surface area contributed by atoms with Crippen molar-refractivity contribution in [1.82, 2.24) is 5.32 Å². The van der Waals surface area contributed by atoms with Gasteiger partial charge in [0.2, 0.25) is 5.91 Å². The molecule has 0 heterocycles. The van der Waals surface area contributed by atoms with Gasteiger partial charge in [0, 0.05) is 25.2 Å². The predicted octanol–water partition coefficient (Wildman–Crippen LogP) is 1.79. The molecule has 0 unspecified atom stereocenters. The molecule has 0 bridgehead atoms. The van der Waals surface area contributed by atoms with Crippen LogP contribution in [0.2, 0.25) is 0 Å². The highest BCUT2D eigenvalue weighted by Crippen LogP contribution is 2.18. The number of nitrogens with two attached hydrogens (primary N) is 1. The smallest absolute Gasteiger partial charge is 0.221 e. The van der Waals surface area contributed by atoms with Crippen molar-refractivity contribution in [1.29, 1.82) is 0 Å². The molecule has 6 heteroatoms. The van der Waals surface area contributed by atoms with Gasteiger partial charge in [-0.1, -0.05) is 25.2 Å². The highest BCUT2D eigenvalue weighted by molar-refractivity contribution is 7.80. The SMILES string of the molecule is CCCNC(=O)CCNc1cccc(F)c1C(N)=S. The van der Waals surface area contributed by atoms with Crippen molar-refractivity contribution in [3.8, 4) is 0 Å². The molecule has 1 amide bonds. The topological polar surface area (TPSA) is 67.2 Å². The molecule has 0 fully saturated rings. The average Bonchev–Trinajstić information content (AvgIpc) is 2.36. The van der Waals surface area contributed by atoms with E-state index in [1.54, 1.807) is 12.1 Å². The van der Waals surface area contributed by atoms with Gasteiger partial charge in [0.25, 0.3) is 0 Å². The second-order valence-corrected chi connectivity index (χ2v) is 4.49. The van der Waals surface area contributed by atoms with Crippen molar-refractivity contribution in [2.24, 2.45) is 5.73 Å². The number of amides is 1. The Morgan fingerprint density at radius 3 is 2.79 bits per heavy atom. The van der Waals surface area contributed by atoms with E-state index >= 15 is 0 Å². The van der Waals surface area contributed by atoms with Gasteiger partial charge in [-0.25, -0.2) is 4.39 Å². The maximum Gasteiger partial charge on any atom is 0.221 e. The van der Waals surface area contributed by atoms with Gasteiger partial charge in [-0.2, -0.15) is 0 Å². The minimum absolute atomic E-state index is 0.00367. The van der Waals surface area contributed by atoms with Crippen molar-refractivity contribution < 1.29 is 9.18 Å². The van der Waals surface area contributed by atoms with Gasteiger partial charge in [0.1, 0.15) is 10.8 Å². The van der Waals surface area contributed by atoms with Gasteiger partial charge in [-0.05, 0) is 18.6 Å². The van der Waals surface area contributed by atoms with E-state index < -0.39 is 5.82 Å². The van der Waals surface area contributed by atoms with Crippen LogP contribution in [-0.2, 0) is 4.79 Å². The minimum atomic E-state index is -0.465. The number of anilines is 1. The molecule has 0 aromatic heterocycles. The molecule has 0 aliphatic heterocycles. The molecule has 0 aliphatic rings. The summed E-state index contributed by atoms with van der Waals surface area (Å²) in [5.74, 6) is -0.504. The molecule has 1 aromatic carbocycles. The Morgan fingerprint density at radius 2 is 2.16 bits per heavy atom. The Morgan fingerprint density at radius 1 is 1.42 bits per heavy atom. The number of hydrogen-bond acceptors (Lipinski definition) is 3. The summed E-state index contributed by atoms with van der Waals surface area (Å²) in [5.41, 5.74) is 6.18. The first-order chi connectivity index (χ1) is 9.06. The van der Waals surface area contributed by atoms with Gasteiger partial charge in [-0.15, -0.1) is 0 Å². The van der Waals surface area contributed by atoms with Crippen LogP contribution < -0.4 is 16.4 Å². The van der Waals surface area contributed by atoms with Crippen molar-refractivity contribution in [2.75, 3.05) is 18.4 Å². The van der Waals surface area contributed by atoms with Gasteiger partial charge < -0.3 is 16.4 Å². The molecular weight excluding hydrogens is 265 g/mol. The summed E-state index contributed by atoms with van der Waals surface area (Å²) < 4.78 is 13.6. The Hall–Kier alpha value is -1.69. The monoisotopic (exact) mass is 283 g/mol. The summed E-state index contributed by atoms with van der Waals surface area (Å²) in [4.78, 5) is 11.4. The number of thiocarbonyl (C=S) groups is 1. The fraction of sp³-hybridized carbons (Fsp3) is 0.385. The summed E-state index contributed by atoms with van der Waals surface area (Å²) in [6.07, 6.45) is 1.21. The Bertz CT molecular complexity index is 465. The van der Waals surface area contributed by atoms with Crippen LogP contribution in [0.5, 0.6) is 0 Å². The molecule has 104 valence electrons. The molecular formula is C13H18FN3OS. The molecule has 1 aromatic rings. The van der Waals surface area contributed by atoms with Gasteiger partial charge >= 0.3 is 0 Å². The van der Waals surface area contributed by atoms with Crippen molar-refractivity contribution in [3.05, 3.63) is 29.6 Å². The van der Waals surface area contributed by atoms with E-state index in [-0.39, 0.29) is 16.5 Å². The first-order valence-corrected chi connectivity index (χ1v) is 6.56. The molecule has 0 radical (unpaired) electrons. The number of carbonyl (C=O) groups is 1. The summed E-state index contributed by atoms with van der Waals surface area (Å²) in [6, 6.07) is 4.55. The zero-order chi connectivity index (χ0) is 14.3. The molecule has 4 N–H and O–H groups in total. The quantitative estimate of drug-likeness (QED) is 0.667. The minimum Gasteiger partial charge on any atom is -0.389 e. The van der Waals surface area contributed by atoms with Crippen molar-refractivity contribution in [2.45, 2.75) is 19.8 Å². The third-order valence-electron chi connectivity index (χ3n) is 2.50. The maximum absolute atomic E-state index is 13.6. The van der Waals surface area contributed by atoms with Crippen LogP contribution in [0.3, 0.4) is 0 Å². The lowest BCUT2D eigenvalue weighted by molar-refractivity contribution is -0.120. The lowest BCUT2D eigenvalue weighted by Crippen LogP contribution is -2.26. The van der Waals surface area contributed by atoms with Crippen LogP contribution in [0, 0.1) is 5.82 Å². The summed E-state index contributed by atoms with van der Waals surface area (Å²) in [6.45, 7) is 3.05. The zero-order valence-electron chi connectivity index (χ0n) is 10.8. The Labute approximate surface area is 117 Å². The second-order valence-electron chi connectivity index (χ2n) is 4.05. The van der Waals surface area contributed by atoms with Crippen LogP contribution in [0.25, 0.3) is 0 Å². The largest absolute Gasteiger partial charge is 0.389 e. The summed E-state index contributed by atoms with van der Waals surface area (Å²) in [7, 11) is 0. The maximum atomic E-state index is 13.6. The molecule has 0 aliphatic carbocycles. The lowest BCUT2D eigenvalue weighted by atomic mass is 10.1. The molecule has 0 atom stereocenters. The fourth-order valence-corrected chi connectivity index (χ4v) is 1.79. The first-order valence-electron chi connectivity index (χ1n) is 6.15. The van der Waals surface area contributed by atoms with Gasteiger partial charge in [0.05, 0.1) is 5.56 Å². The first kappa shape index (κ1) is 15.4. The van der Waals surface area contributed by atoms with Crippen molar-refractivity contribution in [3.63, 3.8) is 0 Å². The summed E-state index contributed by atoms with van der Waals surface area (Å²) in [5, 5.41) is 5.74. The van der Waals surface area contributed by atoms with E-state index in [0.717, 1.165) is 6.42 Å². The van der Waals surface area contributed by atoms with Crippen LogP contribution in [0.1, 0.15) is 25.3 Å².